The van der Waals surface area contributed by atoms with Gasteiger partial charge in [-0.2, -0.15) is 0 Å². The number of allylic oxidation sites excluding steroid dienone is 2. The average Bonchev–Trinajstić information content (AvgIpc) is 2.49. The third-order valence-electron chi connectivity index (χ3n) is 4.35. The molecule has 2 rings (SSSR count). The van der Waals surface area contributed by atoms with E-state index in [0.29, 0.717) is 0 Å². The molecule has 0 radical (unpaired) electrons. The zero-order valence-corrected chi connectivity index (χ0v) is 14.5. The predicted molar refractivity (Wildman–Crippen MR) is 90.6 cm³/mol. The number of hydrazine groups is 1. The van der Waals surface area contributed by atoms with Gasteiger partial charge in [0.05, 0.1) is 5.69 Å². The lowest BCUT2D eigenvalue weighted by Crippen LogP contribution is -2.61. The molecule has 0 bridgehead atoms. The van der Waals surface area contributed by atoms with Crippen LogP contribution in [0, 0.1) is 5.92 Å². The number of aliphatic carboxylic acids is 1. The lowest BCUT2D eigenvalue weighted by molar-refractivity contribution is -0.149. The lowest BCUT2D eigenvalue weighted by Gasteiger charge is -2.49. The Morgan fingerprint density at radius 1 is 1.13 bits per heavy atom. The van der Waals surface area contributed by atoms with E-state index in [1.807, 2.05) is 52.0 Å². The summed E-state index contributed by atoms with van der Waals surface area (Å²) >= 11 is 0. The summed E-state index contributed by atoms with van der Waals surface area (Å²) < 4.78 is 0. The van der Waals surface area contributed by atoms with Gasteiger partial charge in [-0.25, -0.2) is 9.80 Å². The minimum absolute atomic E-state index is 0.126. The normalized spacial score (nSPS) is 15.1. The molecule has 0 saturated heterocycles. The number of nitrogens with zero attached hydrogens (tertiary/aromatic N) is 2. The summed E-state index contributed by atoms with van der Waals surface area (Å²) in [5.41, 5.74) is 2.18. The number of carboxylic acids is 1. The van der Waals surface area contributed by atoms with E-state index in [1.165, 1.54) is 5.01 Å². The molecule has 0 fully saturated rings. The summed E-state index contributed by atoms with van der Waals surface area (Å²) in [5, 5.41) is 12.8. The first-order valence-corrected chi connectivity index (χ1v) is 7.75. The first-order valence-electron chi connectivity index (χ1n) is 7.75. The van der Waals surface area contributed by atoms with Crippen LogP contribution in [0.5, 0.6) is 0 Å². The van der Waals surface area contributed by atoms with Crippen LogP contribution in [0.3, 0.4) is 0 Å². The van der Waals surface area contributed by atoms with Crippen LogP contribution in [0.1, 0.15) is 47.1 Å². The molecule has 0 spiro atoms. The molecule has 1 N–H and O–H groups in total. The van der Waals surface area contributed by atoms with E-state index in [-0.39, 0.29) is 11.8 Å². The third kappa shape index (κ3) is 2.60. The Labute approximate surface area is 137 Å². The Hall–Kier alpha value is -2.30. The van der Waals surface area contributed by atoms with E-state index in [1.54, 1.807) is 18.9 Å². The number of carboxylic acid groups (broad SMARTS) is 1. The number of hydrogen-bond acceptors (Lipinski definition) is 3. The Morgan fingerprint density at radius 3 is 2.22 bits per heavy atom. The maximum absolute atomic E-state index is 12.9. The van der Waals surface area contributed by atoms with Crippen molar-refractivity contribution in [1.29, 1.82) is 0 Å². The third-order valence-corrected chi connectivity index (χ3v) is 4.35. The quantitative estimate of drug-likeness (QED) is 0.927. The second kappa shape index (κ2) is 5.72. The van der Waals surface area contributed by atoms with E-state index in [0.717, 1.165) is 22.5 Å². The van der Waals surface area contributed by atoms with Gasteiger partial charge < -0.3 is 5.11 Å². The molecule has 124 valence electrons. The number of para-hydroxylation sites is 1. The average molecular weight is 316 g/mol. The van der Waals surface area contributed by atoms with Crippen molar-refractivity contribution in [3.8, 4) is 0 Å². The maximum atomic E-state index is 12.9. The summed E-state index contributed by atoms with van der Waals surface area (Å²) in [6.45, 7) is 10.7. The smallest absolute Gasteiger partial charge is 0.331 e. The second-order valence-electron chi connectivity index (χ2n) is 6.71. The van der Waals surface area contributed by atoms with Gasteiger partial charge >= 0.3 is 5.97 Å². The van der Waals surface area contributed by atoms with Gasteiger partial charge in [0, 0.05) is 17.2 Å². The van der Waals surface area contributed by atoms with Gasteiger partial charge in [0.1, 0.15) is 0 Å². The maximum Gasteiger partial charge on any atom is 0.331 e. The molecule has 0 unspecified atom stereocenters. The van der Waals surface area contributed by atoms with Crippen molar-refractivity contribution in [2.24, 2.45) is 5.92 Å². The molecule has 5 heteroatoms. The van der Waals surface area contributed by atoms with E-state index >= 15 is 0 Å². The topological polar surface area (TPSA) is 60.9 Å². The number of fused-ring (bicyclic) bond motifs is 1. The standard InChI is InChI=1S/C18H24N2O3/c1-11(2)16(21)19-15-10-8-7-9-14(15)12(3)13(4)20(19)18(5,6)17(22)23/h7-11H,1-6H3,(H,22,23). The first kappa shape index (κ1) is 17.1. The monoisotopic (exact) mass is 316 g/mol. The zero-order chi connectivity index (χ0) is 17.5. The van der Waals surface area contributed by atoms with Crippen LogP contribution in [0.4, 0.5) is 5.69 Å². The van der Waals surface area contributed by atoms with Gasteiger partial charge in [-0.1, -0.05) is 32.0 Å². The van der Waals surface area contributed by atoms with Crippen LogP contribution in [0.25, 0.3) is 5.57 Å². The molecule has 5 nitrogen and oxygen atoms in total. The van der Waals surface area contributed by atoms with Gasteiger partial charge in [-0.05, 0) is 39.3 Å². The molecular formula is C18H24N2O3. The minimum Gasteiger partial charge on any atom is -0.479 e. The lowest BCUT2D eigenvalue weighted by atomic mass is 9.95. The molecule has 0 atom stereocenters. The number of benzene rings is 1. The van der Waals surface area contributed by atoms with Gasteiger partial charge in [-0.3, -0.25) is 9.80 Å². The van der Waals surface area contributed by atoms with E-state index in [9.17, 15) is 14.7 Å². The number of rotatable bonds is 3. The summed E-state index contributed by atoms with van der Waals surface area (Å²) in [5.74, 6) is -1.36. The van der Waals surface area contributed by atoms with Crippen LogP contribution < -0.4 is 5.01 Å². The SMILES string of the molecule is CC1=C(C)N(C(C)(C)C(=O)O)N(C(=O)C(C)C)c2ccccc21. The number of anilines is 1. The molecule has 23 heavy (non-hydrogen) atoms. The van der Waals surface area contributed by atoms with Crippen molar-refractivity contribution in [3.05, 3.63) is 35.5 Å². The summed E-state index contributed by atoms with van der Waals surface area (Å²) in [7, 11) is 0. The Morgan fingerprint density at radius 2 is 1.70 bits per heavy atom. The summed E-state index contributed by atoms with van der Waals surface area (Å²) in [6.07, 6.45) is 0. The molecular weight excluding hydrogens is 292 g/mol. The van der Waals surface area contributed by atoms with E-state index in [4.69, 9.17) is 0 Å². The molecule has 1 aliphatic heterocycles. The highest BCUT2D eigenvalue weighted by atomic mass is 16.4. The van der Waals surface area contributed by atoms with Crippen molar-refractivity contribution < 1.29 is 14.7 Å². The second-order valence-corrected chi connectivity index (χ2v) is 6.71. The fourth-order valence-electron chi connectivity index (χ4n) is 2.81. The van der Waals surface area contributed by atoms with Gasteiger partial charge in [0.25, 0.3) is 0 Å². The number of carbonyl (C=O) groups excluding carboxylic acids is 1. The van der Waals surface area contributed by atoms with Crippen molar-refractivity contribution in [2.75, 3.05) is 5.01 Å². The molecule has 1 aliphatic rings. The van der Waals surface area contributed by atoms with Crippen LogP contribution in [0.2, 0.25) is 0 Å². The zero-order valence-electron chi connectivity index (χ0n) is 14.5. The van der Waals surface area contributed by atoms with Crippen molar-refractivity contribution >= 4 is 23.1 Å². The molecule has 1 amide bonds. The highest BCUT2D eigenvalue weighted by Crippen LogP contribution is 2.41. The van der Waals surface area contributed by atoms with Crippen molar-refractivity contribution in [3.63, 3.8) is 0 Å². The molecule has 0 aliphatic carbocycles. The fraction of sp³-hybridized carbons (Fsp3) is 0.444. The fourth-order valence-corrected chi connectivity index (χ4v) is 2.81. The molecule has 1 aromatic rings. The number of carbonyl (C=O) groups is 2. The summed E-state index contributed by atoms with van der Waals surface area (Å²) in [6, 6.07) is 7.60. The van der Waals surface area contributed by atoms with Crippen molar-refractivity contribution in [2.45, 2.75) is 47.1 Å². The van der Waals surface area contributed by atoms with Crippen molar-refractivity contribution in [1.82, 2.24) is 5.01 Å². The van der Waals surface area contributed by atoms with Crippen LogP contribution >= 0.6 is 0 Å². The largest absolute Gasteiger partial charge is 0.479 e. The van der Waals surface area contributed by atoms with Crippen LogP contribution in [0.15, 0.2) is 30.0 Å². The summed E-state index contributed by atoms with van der Waals surface area (Å²) in [4.78, 5) is 24.7. The molecule has 0 aromatic heterocycles. The van der Waals surface area contributed by atoms with Gasteiger partial charge in [0.2, 0.25) is 5.91 Å². The Balaban J connectivity index is 2.76. The minimum atomic E-state index is -1.25. The number of hydrogen-bond donors (Lipinski definition) is 1. The van der Waals surface area contributed by atoms with Crippen LogP contribution in [-0.4, -0.2) is 27.5 Å². The first-order chi connectivity index (χ1) is 10.6. The van der Waals surface area contributed by atoms with Gasteiger partial charge in [0.15, 0.2) is 5.54 Å². The predicted octanol–water partition coefficient (Wildman–Crippen LogP) is 3.52. The van der Waals surface area contributed by atoms with E-state index < -0.39 is 11.5 Å². The highest BCUT2D eigenvalue weighted by Gasteiger charge is 2.44. The van der Waals surface area contributed by atoms with E-state index in [2.05, 4.69) is 0 Å². The Kier molecular flexibility index (Phi) is 4.24. The number of amides is 1. The Bertz CT molecular complexity index is 689. The molecule has 1 aromatic carbocycles. The van der Waals surface area contributed by atoms with Gasteiger partial charge in [-0.15, -0.1) is 0 Å². The molecule has 1 heterocycles. The van der Waals surface area contributed by atoms with Crippen LogP contribution in [-0.2, 0) is 9.59 Å². The highest BCUT2D eigenvalue weighted by molar-refractivity contribution is 5.99. The molecule has 0 saturated carbocycles.